The number of carbonyl (C=O) groups is 3. The van der Waals surface area contributed by atoms with Gasteiger partial charge in [-0.2, -0.15) is 4.98 Å². The number of nitrogens with two attached hydrogens (primary N) is 1. The minimum Gasteiger partial charge on any atom is -0.460 e. The smallest absolute Gasteiger partial charge is 0.338 e. The molecule has 0 saturated heterocycles. The molecule has 3 aromatic rings. The zero-order valence-corrected chi connectivity index (χ0v) is 37.7. The molecule has 2 N–H and O–H groups in total. The molecule has 2 aliphatic rings. The van der Waals surface area contributed by atoms with Crippen LogP contribution in [-0.2, 0) is 41.5 Å². The van der Waals surface area contributed by atoms with Gasteiger partial charge in [0.25, 0.3) is 0 Å². The van der Waals surface area contributed by atoms with Crippen molar-refractivity contribution in [2.24, 2.45) is 28.6 Å². The lowest BCUT2D eigenvalue weighted by Crippen LogP contribution is -2.28. The SMILES string of the molecule is CC(C)(C)OC(=O)C[C@@H](CCCC1CCCCC1)C(=O)O/N=C(\N)Cc1ccncc1.CC(C)(C)OC(=O)C[C@@H](CCCC1CCCCC1)c1nc(Cc2ccncc2)no1. The molecule has 0 aromatic carbocycles. The average Bonchev–Trinajstić information content (AvgIpc) is 3.68. The first kappa shape index (κ1) is 49.0. The van der Waals surface area contributed by atoms with Crippen LogP contribution in [0.15, 0.2) is 58.7 Å². The second kappa shape index (κ2) is 25.3. The van der Waals surface area contributed by atoms with Crippen LogP contribution in [0.25, 0.3) is 0 Å². The van der Waals surface area contributed by atoms with Crippen molar-refractivity contribution in [3.05, 3.63) is 71.9 Å². The molecule has 2 saturated carbocycles. The number of ether oxygens (including phenoxy) is 2. The number of hydrogen-bond acceptors (Lipinski definition) is 12. The Balaban J connectivity index is 0.000000269. The van der Waals surface area contributed by atoms with Crippen molar-refractivity contribution < 1.29 is 33.2 Å². The van der Waals surface area contributed by atoms with Crippen molar-refractivity contribution in [3.8, 4) is 0 Å². The number of hydrogen-bond donors (Lipinski definition) is 1. The number of aromatic nitrogens is 4. The highest BCUT2D eigenvalue weighted by Gasteiger charge is 2.29. The molecule has 5 rings (SSSR count). The second-order valence-corrected chi connectivity index (χ2v) is 19.0. The van der Waals surface area contributed by atoms with E-state index < -0.39 is 29.1 Å². The predicted molar refractivity (Wildman–Crippen MR) is 235 cm³/mol. The number of carbonyl (C=O) groups excluding carboxylic acids is 3. The quantitative estimate of drug-likeness (QED) is 0.0397. The number of amidine groups is 1. The van der Waals surface area contributed by atoms with Gasteiger partial charge < -0.3 is 24.6 Å². The van der Waals surface area contributed by atoms with Crippen molar-refractivity contribution >= 4 is 23.7 Å². The summed E-state index contributed by atoms with van der Waals surface area (Å²) in [6, 6.07) is 7.53. The molecule has 3 aromatic heterocycles. The fourth-order valence-electron chi connectivity index (χ4n) is 8.15. The molecular weight excluding hydrogens is 773 g/mol. The van der Waals surface area contributed by atoms with Gasteiger partial charge in [-0.15, -0.1) is 0 Å². The number of oxime groups is 1. The van der Waals surface area contributed by atoms with Crippen LogP contribution >= 0.6 is 0 Å². The third kappa shape index (κ3) is 20.6. The Morgan fingerprint density at radius 2 is 1.25 bits per heavy atom. The number of nitrogens with zero attached hydrogens (tertiary/aromatic N) is 5. The van der Waals surface area contributed by atoms with Crippen molar-refractivity contribution in [1.29, 1.82) is 0 Å². The van der Waals surface area contributed by atoms with Gasteiger partial charge in [-0.1, -0.05) is 100 Å². The van der Waals surface area contributed by atoms with E-state index in [0.29, 0.717) is 31.0 Å². The second-order valence-electron chi connectivity index (χ2n) is 19.0. The van der Waals surface area contributed by atoms with Crippen LogP contribution < -0.4 is 5.73 Å². The summed E-state index contributed by atoms with van der Waals surface area (Å²) in [5, 5.41) is 7.95. The summed E-state index contributed by atoms with van der Waals surface area (Å²) in [6.07, 6.45) is 26.9. The number of pyridine rings is 2. The van der Waals surface area contributed by atoms with E-state index in [1.54, 1.807) is 24.8 Å². The van der Waals surface area contributed by atoms with Crippen molar-refractivity contribution in [2.75, 3.05) is 0 Å². The molecule has 2 aliphatic carbocycles. The Labute approximate surface area is 363 Å². The maximum absolute atomic E-state index is 12.7. The van der Waals surface area contributed by atoms with Crippen LogP contribution in [0.2, 0.25) is 0 Å². The average molecular weight is 845 g/mol. The van der Waals surface area contributed by atoms with E-state index in [0.717, 1.165) is 48.6 Å². The van der Waals surface area contributed by atoms with Crippen LogP contribution in [0.1, 0.15) is 186 Å². The number of rotatable bonds is 19. The highest BCUT2D eigenvalue weighted by molar-refractivity contribution is 5.84. The molecule has 13 nitrogen and oxygen atoms in total. The lowest BCUT2D eigenvalue weighted by Gasteiger charge is -2.23. The first-order valence-corrected chi connectivity index (χ1v) is 22.7. The van der Waals surface area contributed by atoms with E-state index in [-0.39, 0.29) is 30.6 Å². The molecule has 0 bridgehead atoms. The molecule has 336 valence electrons. The summed E-state index contributed by atoms with van der Waals surface area (Å²) in [6.45, 7) is 11.1. The van der Waals surface area contributed by atoms with Gasteiger partial charge in [0, 0.05) is 43.5 Å². The van der Waals surface area contributed by atoms with Gasteiger partial charge in [-0.05, 0) is 102 Å². The Kier molecular flexibility index (Phi) is 20.3. The van der Waals surface area contributed by atoms with E-state index >= 15 is 0 Å². The van der Waals surface area contributed by atoms with Crippen molar-refractivity contribution in [2.45, 2.75) is 187 Å². The Hall–Kier alpha value is -4.68. The maximum atomic E-state index is 12.7. The Bertz CT molecular complexity index is 1760. The third-order valence-electron chi connectivity index (χ3n) is 11.1. The fraction of sp³-hybridized carbons (Fsp3) is 0.667. The Morgan fingerprint density at radius 1 is 0.738 bits per heavy atom. The van der Waals surface area contributed by atoms with Crippen molar-refractivity contribution in [3.63, 3.8) is 0 Å². The Morgan fingerprint density at radius 3 is 1.79 bits per heavy atom. The maximum Gasteiger partial charge on any atom is 0.338 e. The van der Waals surface area contributed by atoms with Gasteiger partial charge in [0.1, 0.15) is 17.0 Å². The molecule has 0 aliphatic heterocycles. The molecule has 2 fully saturated rings. The summed E-state index contributed by atoms with van der Waals surface area (Å²) >= 11 is 0. The molecule has 0 spiro atoms. The van der Waals surface area contributed by atoms with Crippen LogP contribution in [0.5, 0.6) is 0 Å². The monoisotopic (exact) mass is 845 g/mol. The molecule has 61 heavy (non-hydrogen) atoms. The van der Waals surface area contributed by atoms with E-state index in [1.807, 2.05) is 65.8 Å². The highest BCUT2D eigenvalue weighted by Crippen LogP contribution is 2.32. The van der Waals surface area contributed by atoms with Crippen LogP contribution in [0, 0.1) is 17.8 Å². The summed E-state index contributed by atoms with van der Waals surface area (Å²) in [7, 11) is 0. The van der Waals surface area contributed by atoms with E-state index in [9.17, 15) is 14.4 Å². The lowest BCUT2D eigenvalue weighted by molar-refractivity contribution is -0.161. The number of esters is 2. The molecule has 3 heterocycles. The zero-order chi connectivity index (χ0) is 44.1. The first-order valence-electron chi connectivity index (χ1n) is 22.7. The minimum absolute atomic E-state index is 0.0133. The molecule has 2 atom stereocenters. The summed E-state index contributed by atoms with van der Waals surface area (Å²) in [5.74, 6) is 1.10. The van der Waals surface area contributed by atoms with Gasteiger partial charge in [-0.25, -0.2) is 4.79 Å². The van der Waals surface area contributed by atoms with E-state index in [1.165, 1.54) is 70.6 Å². The highest BCUT2D eigenvalue weighted by atomic mass is 16.7. The van der Waals surface area contributed by atoms with Gasteiger partial charge in [0.05, 0.1) is 18.8 Å². The topological polar surface area (TPSA) is 182 Å². The molecular formula is C48H72N6O7. The van der Waals surface area contributed by atoms with Crippen LogP contribution in [0.3, 0.4) is 0 Å². The summed E-state index contributed by atoms with van der Waals surface area (Å²) in [5.41, 5.74) is 6.81. The minimum atomic E-state index is -0.596. The van der Waals surface area contributed by atoms with Gasteiger partial charge in [-0.3, -0.25) is 19.6 Å². The summed E-state index contributed by atoms with van der Waals surface area (Å²) in [4.78, 5) is 55.2. The molecule has 0 amide bonds. The normalized spacial score (nSPS) is 16.5. The van der Waals surface area contributed by atoms with E-state index in [4.69, 9.17) is 24.6 Å². The van der Waals surface area contributed by atoms with Crippen molar-refractivity contribution in [1.82, 2.24) is 20.1 Å². The predicted octanol–water partition coefficient (Wildman–Crippen LogP) is 10.2. The van der Waals surface area contributed by atoms with Crippen LogP contribution in [-0.4, -0.2) is 55.1 Å². The largest absolute Gasteiger partial charge is 0.460 e. The van der Waals surface area contributed by atoms with Crippen LogP contribution in [0.4, 0.5) is 0 Å². The van der Waals surface area contributed by atoms with Gasteiger partial charge in [0.15, 0.2) is 5.82 Å². The standard InChI is InChI=1S/C24H37N3O4.C24H35N3O3/c1-24(2,3)30-22(28)17-20(11-7-10-18-8-5-4-6-9-18)23(29)31-27-21(25)16-19-12-14-26-15-13-19;1-24(2,3)29-22(28)17-20(11-7-10-18-8-5-4-6-9-18)23-26-21(27-30-23)16-19-12-14-25-15-13-19/h12-15,18,20H,4-11,16-17H2,1-3H3,(H2,25,27);12-15,18,20H,4-11,16-17H2,1-3H3/t2*20-/m11/s1. The third-order valence-corrected chi connectivity index (χ3v) is 11.1. The summed E-state index contributed by atoms with van der Waals surface area (Å²) < 4.78 is 16.5. The first-order chi connectivity index (χ1) is 29.1. The fourth-order valence-corrected chi connectivity index (χ4v) is 8.15. The molecule has 0 unspecified atom stereocenters. The van der Waals surface area contributed by atoms with Gasteiger partial charge in [0.2, 0.25) is 5.89 Å². The zero-order valence-electron chi connectivity index (χ0n) is 37.7. The molecule has 13 heteroatoms. The van der Waals surface area contributed by atoms with Gasteiger partial charge >= 0.3 is 17.9 Å². The lowest BCUT2D eigenvalue weighted by atomic mass is 9.84. The van der Waals surface area contributed by atoms with E-state index in [2.05, 4.69) is 25.3 Å². The molecule has 0 radical (unpaired) electrons.